The Morgan fingerprint density at radius 3 is 2.80 bits per heavy atom. The van der Waals surface area contributed by atoms with Crippen molar-refractivity contribution in [3.8, 4) is 0 Å². The first-order valence-electron chi connectivity index (χ1n) is 2.85. The molecule has 0 saturated carbocycles. The molecular formula is C5H7NO4. The highest BCUT2D eigenvalue weighted by Crippen LogP contribution is 2.07. The average molecular weight is 145 g/mol. The van der Waals surface area contributed by atoms with Crippen molar-refractivity contribution in [3.05, 3.63) is 0 Å². The summed E-state index contributed by atoms with van der Waals surface area (Å²) in [5, 5.41) is 9.15. The maximum absolute atomic E-state index is 10.5. The van der Waals surface area contributed by atoms with E-state index in [1.807, 2.05) is 0 Å². The molecule has 1 fully saturated rings. The molecule has 1 N–H and O–H groups in total. The highest BCUT2D eigenvalue weighted by atomic mass is 16.7. The molecule has 0 aliphatic carbocycles. The zero-order chi connectivity index (χ0) is 7.56. The van der Waals surface area contributed by atoms with Crippen molar-refractivity contribution in [2.45, 2.75) is 6.42 Å². The first-order valence-corrected chi connectivity index (χ1v) is 2.85. The number of carbonyl (C=O) groups excluding carboxylic acids is 1. The molecule has 1 rings (SSSR count). The van der Waals surface area contributed by atoms with E-state index in [0.717, 1.165) is 5.06 Å². The van der Waals surface area contributed by atoms with Gasteiger partial charge in [-0.25, -0.2) is 9.86 Å². The summed E-state index contributed by atoms with van der Waals surface area (Å²) in [6.45, 7) is 0.0673. The van der Waals surface area contributed by atoms with Crippen LogP contribution in [0.5, 0.6) is 0 Å². The molecule has 0 aromatic heterocycles. The molecule has 0 unspecified atom stereocenters. The minimum absolute atomic E-state index is 0.152. The first kappa shape index (κ1) is 7.01. The van der Waals surface area contributed by atoms with Crippen LogP contribution >= 0.6 is 0 Å². The van der Waals surface area contributed by atoms with E-state index in [1.165, 1.54) is 0 Å². The lowest BCUT2D eigenvalue weighted by molar-refractivity contribution is -0.210. The number of hydrogen-bond acceptors (Lipinski definition) is 3. The van der Waals surface area contributed by atoms with E-state index >= 15 is 0 Å². The molecule has 0 atom stereocenters. The van der Waals surface area contributed by atoms with Crippen LogP contribution in [0.25, 0.3) is 0 Å². The fraction of sp³-hybridized carbons (Fsp3) is 0.600. The summed E-state index contributed by atoms with van der Waals surface area (Å²) in [7, 11) is 0. The van der Waals surface area contributed by atoms with Gasteiger partial charge in [0.15, 0.2) is 6.61 Å². The summed E-state index contributed by atoms with van der Waals surface area (Å²) in [5.74, 6) is -1.22. The van der Waals surface area contributed by atoms with Crippen LogP contribution < -0.4 is 0 Å². The van der Waals surface area contributed by atoms with Crippen molar-refractivity contribution < 1.29 is 19.5 Å². The first-order chi connectivity index (χ1) is 4.70. The molecule has 0 aromatic rings. The monoisotopic (exact) mass is 145 g/mol. The summed E-state index contributed by atoms with van der Waals surface area (Å²) < 4.78 is 0. The number of aliphatic carboxylic acids is 1. The summed E-state index contributed by atoms with van der Waals surface area (Å²) in [4.78, 5) is 24.9. The summed E-state index contributed by atoms with van der Waals surface area (Å²) in [5.41, 5.74) is 0. The fourth-order valence-corrected chi connectivity index (χ4v) is 0.564. The van der Waals surface area contributed by atoms with Gasteiger partial charge in [-0.05, 0) is 0 Å². The Morgan fingerprint density at radius 1 is 1.80 bits per heavy atom. The van der Waals surface area contributed by atoms with Gasteiger partial charge >= 0.3 is 5.97 Å². The second-order valence-electron chi connectivity index (χ2n) is 1.91. The standard InChI is InChI=1S/C5H7NO4/c7-4-1-2-6(4)10-3-5(8)9/h1-3H2,(H,8,9). The SMILES string of the molecule is O=C(O)CON1CCC1=O. The van der Waals surface area contributed by atoms with E-state index in [1.54, 1.807) is 0 Å². The van der Waals surface area contributed by atoms with Crippen LogP contribution in [0.4, 0.5) is 0 Å². The molecular weight excluding hydrogens is 138 g/mol. The third-order valence-corrected chi connectivity index (χ3v) is 1.15. The Hall–Kier alpha value is -1.10. The van der Waals surface area contributed by atoms with Crippen molar-refractivity contribution in [3.63, 3.8) is 0 Å². The van der Waals surface area contributed by atoms with Gasteiger partial charge in [-0.1, -0.05) is 0 Å². The Morgan fingerprint density at radius 2 is 2.50 bits per heavy atom. The molecule has 0 radical (unpaired) electrons. The molecule has 1 saturated heterocycles. The Labute approximate surface area is 57.1 Å². The van der Waals surface area contributed by atoms with Crippen molar-refractivity contribution in [2.75, 3.05) is 13.2 Å². The smallest absolute Gasteiger partial charge is 0.332 e. The van der Waals surface area contributed by atoms with Crippen molar-refractivity contribution in [1.82, 2.24) is 5.06 Å². The quantitative estimate of drug-likeness (QED) is 0.530. The number of nitrogens with zero attached hydrogens (tertiary/aromatic N) is 1. The lowest BCUT2D eigenvalue weighted by atomic mass is 10.3. The van der Waals surface area contributed by atoms with Gasteiger partial charge in [-0.15, -0.1) is 0 Å². The maximum atomic E-state index is 10.5. The van der Waals surface area contributed by atoms with E-state index in [-0.39, 0.29) is 5.91 Å². The van der Waals surface area contributed by atoms with Crippen molar-refractivity contribution in [1.29, 1.82) is 0 Å². The van der Waals surface area contributed by atoms with Gasteiger partial charge in [0.05, 0.1) is 6.54 Å². The molecule has 0 spiro atoms. The van der Waals surface area contributed by atoms with Crippen molar-refractivity contribution >= 4 is 11.9 Å². The van der Waals surface area contributed by atoms with Crippen LogP contribution in [0.2, 0.25) is 0 Å². The minimum atomic E-state index is -1.07. The van der Waals surface area contributed by atoms with Gasteiger partial charge in [-0.2, -0.15) is 0 Å². The zero-order valence-corrected chi connectivity index (χ0v) is 5.24. The number of rotatable bonds is 3. The Kier molecular flexibility index (Phi) is 1.86. The number of hydrogen-bond donors (Lipinski definition) is 1. The number of amides is 1. The minimum Gasteiger partial charge on any atom is -0.479 e. The molecule has 1 aliphatic rings. The molecule has 0 aromatic carbocycles. The molecule has 1 amide bonds. The topological polar surface area (TPSA) is 66.8 Å². The van der Waals surface area contributed by atoms with Crippen LogP contribution in [-0.2, 0) is 14.4 Å². The summed E-state index contributed by atoms with van der Waals surface area (Å²) in [6, 6.07) is 0. The predicted molar refractivity (Wildman–Crippen MR) is 29.9 cm³/mol. The number of β-lactam (4-membered cyclic amide) rings is 1. The average Bonchev–Trinajstić information content (AvgIpc) is 1.84. The van der Waals surface area contributed by atoms with Gasteiger partial charge < -0.3 is 5.11 Å². The summed E-state index contributed by atoms with van der Waals surface area (Å²) >= 11 is 0. The highest BCUT2D eigenvalue weighted by Gasteiger charge is 2.25. The number of carbonyl (C=O) groups is 2. The maximum Gasteiger partial charge on any atom is 0.332 e. The third-order valence-electron chi connectivity index (χ3n) is 1.15. The molecule has 5 nitrogen and oxygen atoms in total. The highest BCUT2D eigenvalue weighted by molar-refractivity contribution is 5.80. The molecule has 10 heavy (non-hydrogen) atoms. The van der Waals surface area contributed by atoms with E-state index in [0.29, 0.717) is 13.0 Å². The van der Waals surface area contributed by atoms with Crippen LogP contribution in [0, 0.1) is 0 Å². The molecule has 0 bridgehead atoms. The van der Waals surface area contributed by atoms with E-state index in [9.17, 15) is 9.59 Å². The van der Waals surface area contributed by atoms with Gasteiger partial charge in [-0.3, -0.25) is 9.63 Å². The van der Waals surface area contributed by atoms with Crippen LogP contribution in [-0.4, -0.2) is 35.2 Å². The van der Waals surface area contributed by atoms with E-state index < -0.39 is 12.6 Å². The number of carboxylic acid groups (broad SMARTS) is 1. The van der Waals surface area contributed by atoms with Crippen LogP contribution in [0.15, 0.2) is 0 Å². The predicted octanol–water partition coefficient (Wildman–Crippen LogP) is -0.765. The van der Waals surface area contributed by atoms with Crippen LogP contribution in [0.1, 0.15) is 6.42 Å². The van der Waals surface area contributed by atoms with Gasteiger partial charge in [0.25, 0.3) is 0 Å². The molecule has 5 heteroatoms. The second-order valence-corrected chi connectivity index (χ2v) is 1.91. The third kappa shape index (κ3) is 1.44. The van der Waals surface area contributed by atoms with Gasteiger partial charge in [0.1, 0.15) is 0 Å². The van der Waals surface area contributed by atoms with Crippen LogP contribution in [0.3, 0.4) is 0 Å². The second kappa shape index (κ2) is 2.66. The molecule has 1 heterocycles. The Balaban J connectivity index is 2.14. The summed E-state index contributed by atoms with van der Waals surface area (Å²) in [6.07, 6.45) is 0.458. The van der Waals surface area contributed by atoms with Crippen molar-refractivity contribution in [2.24, 2.45) is 0 Å². The lowest BCUT2D eigenvalue weighted by Gasteiger charge is -2.28. The zero-order valence-electron chi connectivity index (χ0n) is 5.24. The number of hydroxylamine groups is 2. The van der Waals surface area contributed by atoms with E-state index in [4.69, 9.17) is 5.11 Å². The lowest BCUT2D eigenvalue weighted by Crippen LogP contribution is -2.44. The molecule has 1 aliphatic heterocycles. The van der Waals surface area contributed by atoms with E-state index in [2.05, 4.69) is 4.84 Å². The Bertz CT molecular complexity index is 167. The fourth-order valence-electron chi connectivity index (χ4n) is 0.564. The number of carboxylic acids is 1. The largest absolute Gasteiger partial charge is 0.479 e. The molecule has 56 valence electrons. The van der Waals surface area contributed by atoms with Gasteiger partial charge in [0, 0.05) is 6.42 Å². The van der Waals surface area contributed by atoms with Gasteiger partial charge in [0.2, 0.25) is 5.91 Å². The normalized spacial score (nSPS) is 16.8.